The summed E-state index contributed by atoms with van der Waals surface area (Å²) < 4.78 is 21.9. The van der Waals surface area contributed by atoms with Crippen LogP contribution in [-0.4, -0.2) is 99.5 Å². The molecule has 0 unspecified atom stereocenters. The second kappa shape index (κ2) is 15.5. The lowest BCUT2D eigenvalue weighted by Gasteiger charge is -2.28. The van der Waals surface area contributed by atoms with Crippen LogP contribution >= 0.6 is 0 Å². The van der Waals surface area contributed by atoms with E-state index in [1.807, 2.05) is 13.8 Å². The maximum atomic E-state index is 12.3. The number of nitrogens with one attached hydrogen (secondary N) is 2. The quantitative estimate of drug-likeness (QED) is 0.145. The van der Waals surface area contributed by atoms with Gasteiger partial charge in [-0.15, -0.1) is 0 Å². The van der Waals surface area contributed by atoms with Gasteiger partial charge >= 0.3 is 11.8 Å². The number of carbonyl (C=O) groups is 4. The lowest BCUT2D eigenvalue weighted by molar-refractivity contribution is -0.145. The van der Waals surface area contributed by atoms with Crippen LogP contribution in [0.3, 0.4) is 0 Å². The molecule has 0 radical (unpaired) electrons. The van der Waals surface area contributed by atoms with E-state index in [9.17, 15) is 19.2 Å². The molecule has 198 valence electrons. The summed E-state index contributed by atoms with van der Waals surface area (Å²) in [4.78, 5) is 47.7. The summed E-state index contributed by atoms with van der Waals surface area (Å²) in [5.41, 5.74) is -1.25. The van der Waals surface area contributed by atoms with E-state index < -0.39 is 17.4 Å². The Morgan fingerprint density at radius 2 is 1.46 bits per heavy atom. The van der Waals surface area contributed by atoms with Gasteiger partial charge in [-0.2, -0.15) is 0 Å². The Labute approximate surface area is 207 Å². The number of carbonyl (C=O) groups excluding carboxylic acids is 4. The summed E-state index contributed by atoms with van der Waals surface area (Å²) in [7, 11) is 1.65. The third-order valence-electron chi connectivity index (χ3n) is 5.29. The molecule has 0 fully saturated rings. The van der Waals surface area contributed by atoms with Gasteiger partial charge in [0.15, 0.2) is 0 Å². The summed E-state index contributed by atoms with van der Waals surface area (Å²) in [5.74, 6) is 2.92. The van der Waals surface area contributed by atoms with E-state index in [1.165, 1.54) is 0 Å². The van der Waals surface area contributed by atoms with Gasteiger partial charge in [0.2, 0.25) is 5.91 Å². The second-order valence-electron chi connectivity index (χ2n) is 9.02. The molecule has 0 spiro atoms. The number of rotatable bonds is 19. The zero-order valence-corrected chi connectivity index (χ0v) is 21.5. The zero-order chi connectivity index (χ0) is 26.3. The molecular weight excluding hydrogens is 458 g/mol. The molecule has 1 aliphatic heterocycles. The first-order chi connectivity index (χ1) is 16.5. The molecule has 0 saturated carbocycles. The molecule has 1 aliphatic rings. The molecule has 35 heavy (non-hydrogen) atoms. The van der Waals surface area contributed by atoms with Crippen molar-refractivity contribution in [3.8, 4) is 11.8 Å². The van der Waals surface area contributed by atoms with Crippen molar-refractivity contribution in [2.24, 2.45) is 0 Å². The van der Waals surface area contributed by atoms with Gasteiger partial charge in [-0.1, -0.05) is 0 Å². The monoisotopic (exact) mass is 497 g/mol. The third-order valence-corrected chi connectivity index (χ3v) is 5.29. The normalized spacial score (nSPS) is 13.6. The molecule has 4 amide bonds. The van der Waals surface area contributed by atoms with Gasteiger partial charge < -0.3 is 29.6 Å². The minimum Gasteiger partial charge on any atom is -0.379 e. The summed E-state index contributed by atoms with van der Waals surface area (Å²) in [6.07, 6.45) is 1.23. The largest absolute Gasteiger partial charge is 0.379 e. The van der Waals surface area contributed by atoms with E-state index in [0.29, 0.717) is 59.0 Å². The Balaban J connectivity index is 1.96. The van der Waals surface area contributed by atoms with E-state index in [4.69, 9.17) is 18.9 Å². The number of nitrogens with zero attached hydrogens (tertiary/aromatic N) is 1. The smallest absolute Gasteiger partial charge is 0.306 e. The van der Waals surface area contributed by atoms with Crippen molar-refractivity contribution in [1.29, 1.82) is 0 Å². The van der Waals surface area contributed by atoms with Crippen LogP contribution in [0.1, 0.15) is 47.0 Å². The van der Waals surface area contributed by atoms with Crippen LogP contribution in [0.2, 0.25) is 0 Å². The fraction of sp³-hybridized carbons (Fsp3) is 0.750. The lowest BCUT2D eigenvalue weighted by atomic mass is 10.1. The number of hydrogen-bond acceptors (Lipinski definition) is 8. The van der Waals surface area contributed by atoms with Crippen LogP contribution in [0, 0.1) is 11.8 Å². The predicted octanol–water partition coefficient (Wildman–Crippen LogP) is 0.0147. The van der Waals surface area contributed by atoms with Crippen molar-refractivity contribution in [2.45, 2.75) is 58.2 Å². The van der Waals surface area contributed by atoms with Gasteiger partial charge in [0, 0.05) is 45.0 Å². The molecule has 1 rings (SSSR count). The van der Waals surface area contributed by atoms with Crippen molar-refractivity contribution in [3.63, 3.8) is 0 Å². The van der Waals surface area contributed by atoms with Crippen LogP contribution < -0.4 is 10.6 Å². The van der Waals surface area contributed by atoms with Gasteiger partial charge in [-0.25, -0.2) is 0 Å². The van der Waals surface area contributed by atoms with Crippen LogP contribution in [0.5, 0.6) is 0 Å². The summed E-state index contributed by atoms with van der Waals surface area (Å²) in [5, 5.41) is 5.50. The molecular formula is C24H39N3O8. The number of methoxy groups -OCH3 is 1. The molecule has 0 aliphatic carbocycles. The van der Waals surface area contributed by atoms with E-state index >= 15 is 0 Å². The van der Waals surface area contributed by atoms with Crippen molar-refractivity contribution < 1.29 is 38.1 Å². The highest BCUT2D eigenvalue weighted by Crippen LogP contribution is 2.16. The maximum Gasteiger partial charge on any atom is 0.306 e. The van der Waals surface area contributed by atoms with E-state index in [2.05, 4.69) is 22.5 Å². The minimum atomic E-state index is -0.950. The Morgan fingerprint density at radius 3 is 2.03 bits per heavy atom. The SMILES string of the molecule is COC(C)(C)CCOC(C)(C)C(=O)NCCOCCOCCNC(=O)CCCN1C(=O)C#CC1=O. The topological polar surface area (TPSA) is 132 Å². The molecule has 11 heteroatoms. The predicted molar refractivity (Wildman–Crippen MR) is 127 cm³/mol. The van der Waals surface area contributed by atoms with Crippen molar-refractivity contribution in [1.82, 2.24) is 15.5 Å². The number of amides is 4. The van der Waals surface area contributed by atoms with Gasteiger partial charge in [-0.3, -0.25) is 24.1 Å². The Bertz CT molecular complexity index is 765. The Hall–Kier alpha value is -2.52. The summed E-state index contributed by atoms with van der Waals surface area (Å²) >= 11 is 0. The third kappa shape index (κ3) is 12.7. The maximum absolute atomic E-state index is 12.3. The fourth-order valence-corrected chi connectivity index (χ4v) is 2.78. The molecule has 0 aromatic carbocycles. The first-order valence-electron chi connectivity index (χ1n) is 11.8. The first kappa shape index (κ1) is 30.5. The summed E-state index contributed by atoms with van der Waals surface area (Å²) in [6, 6.07) is 0. The second-order valence-corrected chi connectivity index (χ2v) is 9.02. The van der Waals surface area contributed by atoms with Gasteiger partial charge in [-0.05, 0) is 40.5 Å². The van der Waals surface area contributed by atoms with Crippen LogP contribution in [0.15, 0.2) is 0 Å². The van der Waals surface area contributed by atoms with Gasteiger partial charge in [0.05, 0.1) is 38.6 Å². The highest BCUT2D eigenvalue weighted by Gasteiger charge is 2.29. The van der Waals surface area contributed by atoms with Crippen LogP contribution in [0.4, 0.5) is 0 Å². The number of hydrogen-bond donors (Lipinski definition) is 2. The average Bonchev–Trinajstić information content (AvgIpc) is 3.12. The molecule has 0 aromatic rings. The van der Waals surface area contributed by atoms with E-state index in [-0.39, 0.29) is 30.4 Å². The standard InChI is InChI=1S/C24H39N3O8/c1-23(2,32-5)10-14-35-24(3,4)22(31)26-12-16-34-18-17-33-15-11-25-19(28)7-6-13-27-20(29)8-9-21(27)30/h6-7,10-18H2,1-5H3,(H,25,28)(H,26,31). The van der Waals surface area contributed by atoms with Gasteiger partial charge in [0.25, 0.3) is 5.91 Å². The highest BCUT2D eigenvalue weighted by atomic mass is 16.5. The molecule has 0 aromatic heterocycles. The van der Waals surface area contributed by atoms with E-state index in [0.717, 1.165) is 4.90 Å². The highest BCUT2D eigenvalue weighted by molar-refractivity contribution is 6.18. The van der Waals surface area contributed by atoms with Gasteiger partial charge in [0.1, 0.15) is 5.60 Å². The molecule has 0 saturated heterocycles. The van der Waals surface area contributed by atoms with Crippen molar-refractivity contribution >= 4 is 23.6 Å². The summed E-state index contributed by atoms with van der Waals surface area (Å²) in [6.45, 7) is 10.0. The van der Waals surface area contributed by atoms with Crippen LogP contribution in [-0.2, 0) is 38.1 Å². The fourth-order valence-electron chi connectivity index (χ4n) is 2.78. The molecule has 2 N–H and O–H groups in total. The molecule has 0 bridgehead atoms. The zero-order valence-electron chi connectivity index (χ0n) is 21.5. The Morgan fingerprint density at radius 1 is 0.886 bits per heavy atom. The van der Waals surface area contributed by atoms with E-state index in [1.54, 1.807) is 21.0 Å². The first-order valence-corrected chi connectivity index (χ1v) is 11.8. The lowest BCUT2D eigenvalue weighted by Crippen LogP contribution is -2.46. The molecule has 1 heterocycles. The molecule has 0 atom stereocenters. The Kier molecular flexibility index (Phi) is 13.5. The van der Waals surface area contributed by atoms with Crippen molar-refractivity contribution in [2.75, 3.05) is 59.8 Å². The minimum absolute atomic E-state index is 0.163. The van der Waals surface area contributed by atoms with Crippen LogP contribution in [0.25, 0.3) is 0 Å². The molecule has 11 nitrogen and oxygen atoms in total. The number of imide groups is 1. The average molecular weight is 498 g/mol. The number of ether oxygens (including phenoxy) is 4. The van der Waals surface area contributed by atoms with Crippen molar-refractivity contribution in [3.05, 3.63) is 0 Å².